The Kier molecular flexibility index (Phi) is 4.57. The van der Waals surface area contributed by atoms with Gasteiger partial charge in [0.15, 0.2) is 6.61 Å². The van der Waals surface area contributed by atoms with E-state index in [1.165, 1.54) is 6.07 Å². The minimum Gasteiger partial charge on any atom is -0.482 e. The zero-order valence-electron chi connectivity index (χ0n) is 15.2. The van der Waals surface area contributed by atoms with Crippen molar-refractivity contribution in [3.63, 3.8) is 0 Å². The molecule has 0 saturated heterocycles. The van der Waals surface area contributed by atoms with Crippen LogP contribution in [0.2, 0.25) is 0 Å². The second-order valence-corrected chi connectivity index (χ2v) is 7.24. The van der Waals surface area contributed by atoms with E-state index in [0.717, 1.165) is 0 Å². The van der Waals surface area contributed by atoms with Crippen LogP contribution < -0.4 is 15.4 Å². The summed E-state index contributed by atoms with van der Waals surface area (Å²) in [6.07, 6.45) is 0. The van der Waals surface area contributed by atoms with Gasteiger partial charge in [0.1, 0.15) is 5.75 Å². The van der Waals surface area contributed by atoms with Crippen LogP contribution in [-0.4, -0.2) is 23.3 Å². The molecule has 8 nitrogen and oxygen atoms in total. The summed E-state index contributed by atoms with van der Waals surface area (Å²) in [6.45, 7) is 5.57. The number of amides is 2. The number of ether oxygens (including phenoxy) is 1. The summed E-state index contributed by atoms with van der Waals surface area (Å²) in [7, 11) is 0. The van der Waals surface area contributed by atoms with Crippen LogP contribution >= 0.6 is 0 Å². The van der Waals surface area contributed by atoms with E-state index in [1.807, 2.05) is 20.8 Å². The molecule has 1 aliphatic heterocycles. The minimum absolute atomic E-state index is 0.0531. The predicted molar refractivity (Wildman–Crippen MR) is 100 cm³/mol. The Morgan fingerprint density at radius 1 is 1.22 bits per heavy atom. The summed E-state index contributed by atoms with van der Waals surface area (Å²) in [5, 5.41) is 16.7. The molecule has 0 fully saturated rings. The molecule has 1 aliphatic rings. The highest BCUT2D eigenvalue weighted by Crippen LogP contribution is 2.33. The van der Waals surface area contributed by atoms with Crippen molar-refractivity contribution in [3.8, 4) is 5.75 Å². The third-order valence-corrected chi connectivity index (χ3v) is 4.13. The summed E-state index contributed by atoms with van der Waals surface area (Å²) in [5.41, 5.74) is 1.10. The van der Waals surface area contributed by atoms with E-state index >= 15 is 0 Å². The number of fused-ring (bicyclic) bond motifs is 1. The first-order chi connectivity index (χ1) is 12.6. The number of hydrogen-bond acceptors (Lipinski definition) is 5. The number of nitrogens with one attached hydrogen (secondary N) is 2. The number of anilines is 2. The summed E-state index contributed by atoms with van der Waals surface area (Å²) in [5.74, 6) is -0.251. The van der Waals surface area contributed by atoms with Gasteiger partial charge in [-0.2, -0.15) is 0 Å². The Labute approximate surface area is 155 Å². The molecule has 2 N–H and O–H groups in total. The number of rotatable bonds is 3. The lowest BCUT2D eigenvalue weighted by Crippen LogP contribution is -2.25. The molecule has 0 aliphatic carbocycles. The third kappa shape index (κ3) is 3.89. The molecule has 0 atom stereocenters. The van der Waals surface area contributed by atoms with Gasteiger partial charge in [0.2, 0.25) is 0 Å². The lowest BCUT2D eigenvalue weighted by atomic mass is 9.85. The van der Waals surface area contributed by atoms with Crippen LogP contribution in [0, 0.1) is 10.1 Å². The van der Waals surface area contributed by atoms with Crippen LogP contribution in [-0.2, 0) is 10.2 Å². The molecule has 0 radical (unpaired) electrons. The Hall–Kier alpha value is -3.42. The molecule has 0 unspecified atom stereocenters. The largest absolute Gasteiger partial charge is 0.482 e. The van der Waals surface area contributed by atoms with Gasteiger partial charge in [-0.05, 0) is 29.7 Å². The molecule has 1 heterocycles. The Balaban J connectivity index is 1.86. The first-order valence-corrected chi connectivity index (χ1v) is 8.32. The van der Waals surface area contributed by atoms with Gasteiger partial charge in [-0.25, -0.2) is 0 Å². The van der Waals surface area contributed by atoms with E-state index in [1.54, 1.807) is 30.3 Å². The number of nitrogens with zero attached hydrogens (tertiary/aromatic N) is 1. The maximum absolute atomic E-state index is 12.5. The van der Waals surface area contributed by atoms with Crippen molar-refractivity contribution >= 4 is 28.9 Å². The molecule has 0 saturated carbocycles. The topological polar surface area (TPSA) is 111 Å². The molecule has 0 bridgehead atoms. The first-order valence-electron chi connectivity index (χ1n) is 8.32. The second-order valence-electron chi connectivity index (χ2n) is 7.24. The maximum atomic E-state index is 12.5. The lowest BCUT2D eigenvalue weighted by molar-refractivity contribution is -0.386. The number of hydrogen-bond donors (Lipinski definition) is 2. The van der Waals surface area contributed by atoms with Crippen molar-refractivity contribution in [3.05, 3.63) is 57.6 Å². The van der Waals surface area contributed by atoms with E-state index in [4.69, 9.17) is 4.74 Å². The molecule has 0 spiro atoms. The van der Waals surface area contributed by atoms with E-state index in [9.17, 15) is 19.7 Å². The fourth-order valence-electron chi connectivity index (χ4n) is 2.82. The fraction of sp³-hybridized carbons (Fsp3) is 0.263. The van der Waals surface area contributed by atoms with Crippen molar-refractivity contribution in [2.45, 2.75) is 26.2 Å². The standard InChI is InChI=1S/C19H19N3O5/c1-19(2,3)13-6-4-11(8-15(13)22(25)26)18(24)20-12-5-7-16-14(9-12)21-17(23)10-27-16/h4-9H,10H2,1-3H3,(H,20,24)(H,21,23). The highest BCUT2D eigenvalue weighted by atomic mass is 16.6. The van der Waals surface area contributed by atoms with Crippen molar-refractivity contribution < 1.29 is 19.2 Å². The van der Waals surface area contributed by atoms with Gasteiger partial charge in [-0.3, -0.25) is 19.7 Å². The van der Waals surface area contributed by atoms with Crippen LogP contribution in [0.3, 0.4) is 0 Å². The van der Waals surface area contributed by atoms with Crippen LogP contribution in [0.5, 0.6) is 5.75 Å². The molecule has 27 heavy (non-hydrogen) atoms. The number of carbonyl (C=O) groups excluding carboxylic acids is 2. The van der Waals surface area contributed by atoms with E-state index in [2.05, 4.69) is 10.6 Å². The number of carbonyl (C=O) groups is 2. The predicted octanol–water partition coefficient (Wildman–Crippen LogP) is 3.48. The molecular formula is C19H19N3O5. The SMILES string of the molecule is CC(C)(C)c1ccc(C(=O)Nc2ccc3c(c2)NC(=O)CO3)cc1[N+](=O)[O-]. The molecule has 0 aromatic heterocycles. The van der Waals surface area contributed by atoms with Crippen LogP contribution in [0.1, 0.15) is 36.7 Å². The molecular weight excluding hydrogens is 350 g/mol. The van der Waals surface area contributed by atoms with Crippen molar-refractivity contribution in [1.82, 2.24) is 0 Å². The Bertz CT molecular complexity index is 947. The molecule has 140 valence electrons. The van der Waals surface area contributed by atoms with E-state index in [-0.39, 0.29) is 23.8 Å². The van der Waals surface area contributed by atoms with Gasteiger partial charge >= 0.3 is 0 Å². The highest BCUT2D eigenvalue weighted by Gasteiger charge is 2.26. The van der Waals surface area contributed by atoms with Gasteiger partial charge in [-0.1, -0.05) is 26.8 Å². The molecule has 8 heteroatoms. The lowest BCUT2D eigenvalue weighted by Gasteiger charge is -2.19. The number of nitro groups is 1. The highest BCUT2D eigenvalue weighted by molar-refractivity contribution is 6.05. The fourth-order valence-corrected chi connectivity index (χ4v) is 2.82. The normalized spacial score (nSPS) is 13.2. The van der Waals surface area contributed by atoms with Crippen molar-refractivity contribution in [1.29, 1.82) is 0 Å². The number of benzene rings is 2. The zero-order valence-corrected chi connectivity index (χ0v) is 15.2. The Morgan fingerprint density at radius 3 is 2.63 bits per heavy atom. The zero-order chi connectivity index (χ0) is 19.8. The number of nitro benzene ring substituents is 1. The third-order valence-electron chi connectivity index (χ3n) is 4.13. The smallest absolute Gasteiger partial charge is 0.273 e. The van der Waals surface area contributed by atoms with Gasteiger partial charge in [0.25, 0.3) is 17.5 Å². The summed E-state index contributed by atoms with van der Waals surface area (Å²) in [6, 6.07) is 9.28. The summed E-state index contributed by atoms with van der Waals surface area (Å²) in [4.78, 5) is 34.9. The van der Waals surface area contributed by atoms with Gasteiger partial charge in [-0.15, -0.1) is 0 Å². The van der Waals surface area contributed by atoms with Crippen molar-refractivity contribution in [2.75, 3.05) is 17.2 Å². The Morgan fingerprint density at radius 2 is 1.96 bits per heavy atom. The van der Waals surface area contributed by atoms with E-state index in [0.29, 0.717) is 22.7 Å². The molecule has 3 rings (SSSR count). The summed E-state index contributed by atoms with van der Waals surface area (Å²) >= 11 is 0. The van der Waals surface area contributed by atoms with Gasteiger partial charge in [0.05, 0.1) is 10.6 Å². The van der Waals surface area contributed by atoms with Crippen LogP contribution in [0.15, 0.2) is 36.4 Å². The van der Waals surface area contributed by atoms with Crippen molar-refractivity contribution in [2.24, 2.45) is 0 Å². The molecule has 2 aromatic carbocycles. The second kappa shape index (κ2) is 6.71. The average molecular weight is 369 g/mol. The molecule has 2 aromatic rings. The average Bonchev–Trinajstić information content (AvgIpc) is 2.60. The van der Waals surface area contributed by atoms with E-state index < -0.39 is 16.2 Å². The van der Waals surface area contributed by atoms with Crippen LogP contribution in [0.4, 0.5) is 17.1 Å². The minimum atomic E-state index is -0.485. The maximum Gasteiger partial charge on any atom is 0.273 e. The molecule has 2 amide bonds. The van der Waals surface area contributed by atoms with Gasteiger partial charge in [0, 0.05) is 22.9 Å². The first kappa shape index (κ1) is 18.4. The monoisotopic (exact) mass is 369 g/mol. The summed E-state index contributed by atoms with van der Waals surface area (Å²) < 4.78 is 5.27. The van der Waals surface area contributed by atoms with Gasteiger partial charge < -0.3 is 15.4 Å². The van der Waals surface area contributed by atoms with Crippen LogP contribution in [0.25, 0.3) is 0 Å². The quantitative estimate of drug-likeness (QED) is 0.636.